The Morgan fingerprint density at radius 3 is 2.46 bits per heavy atom. The van der Waals surface area contributed by atoms with E-state index in [-0.39, 0.29) is 0 Å². The van der Waals surface area contributed by atoms with Gasteiger partial charge in [-0.2, -0.15) is 0 Å². The summed E-state index contributed by atoms with van der Waals surface area (Å²) >= 11 is 0. The minimum absolute atomic E-state index is 0.704. The van der Waals surface area contributed by atoms with Crippen molar-refractivity contribution in [2.24, 2.45) is 0 Å². The van der Waals surface area contributed by atoms with Gasteiger partial charge < -0.3 is 14.2 Å². The van der Waals surface area contributed by atoms with Gasteiger partial charge in [-0.15, -0.1) is 0 Å². The molecule has 4 nitrogen and oxygen atoms in total. The fraction of sp³-hybridized carbons (Fsp3) is 0.136. The molecule has 0 saturated carbocycles. The van der Waals surface area contributed by atoms with Crippen molar-refractivity contribution in [3.63, 3.8) is 0 Å². The molecule has 4 aromatic rings. The zero-order valence-corrected chi connectivity index (χ0v) is 14.8. The van der Waals surface area contributed by atoms with Crippen LogP contribution in [0.15, 0.2) is 71.4 Å². The third-order valence-corrected chi connectivity index (χ3v) is 4.93. The quantitative estimate of drug-likeness (QED) is 0.492. The monoisotopic (exact) mass is 341 g/mol. The van der Waals surface area contributed by atoms with Gasteiger partial charge in [0.15, 0.2) is 5.58 Å². The highest BCUT2D eigenvalue weighted by atomic mass is 16.3. The Morgan fingerprint density at radius 1 is 0.846 bits per heavy atom. The van der Waals surface area contributed by atoms with Crippen LogP contribution in [-0.2, 0) is 0 Å². The summed E-state index contributed by atoms with van der Waals surface area (Å²) in [6.45, 7) is 4.87. The van der Waals surface area contributed by atoms with E-state index in [1.807, 2.05) is 19.1 Å². The van der Waals surface area contributed by atoms with E-state index in [4.69, 9.17) is 4.42 Å². The van der Waals surface area contributed by atoms with Crippen molar-refractivity contribution < 1.29 is 4.42 Å². The number of rotatable bonds is 2. The molecule has 5 rings (SSSR count). The van der Waals surface area contributed by atoms with Crippen LogP contribution >= 0.6 is 0 Å². The van der Waals surface area contributed by atoms with Crippen LogP contribution < -0.4 is 9.80 Å². The second kappa shape index (κ2) is 5.63. The molecule has 1 aliphatic heterocycles. The SMILES string of the molecule is Cc1ccc2c(n1)oc1c(N3C=CN(c4ccccc4)C3)c(C)ccc12. The lowest BCUT2D eigenvalue weighted by Gasteiger charge is -2.22. The average Bonchev–Trinajstić information content (AvgIpc) is 3.26. The van der Waals surface area contributed by atoms with Gasteiger partial charge >= 0.3 is 0 Å². The first-order chi connectivity index (χ1) is 12.7. The predicted octanol–water partition coefficient (Wildman–Crippen LogP) is 5.35. The predicted molar refractivity (Wildman–Crippen MR) is 106 cm³/mol. The number of nitrogens with zero attached hydrogens (tertiary/aromatic N) is 3. The summed E-state index contributed by atoms with van der Waals surface area (Å²) in [7, 11) is 0. The first-order valence-electron chi connectivity index (χ1n) is 8.77. The number of para-hydroxylation sites is 1. The summed E-state index contributed by atoms with van der Waals surface area (Å²) in [6, 6.07) is 18.8. The van der Waals surface area contributed by atoms with E-state index in [2.05, 4.69) is 76.6 Å². The maximum absolute atomic E-state index is 6.19. The van der Waals surface area contributed by atoms with Gasteiger partial charge in [0.2, 0.25) is 5.71 Å². The van der Waals surface area contributed by atoms with Crippen LogP contribution in [0, 0.1) is 13.8 Å². The van der Waals surface area contributed by atoms with Crippen molar-refractivity contribution in [1.82, 2.24) is 4.98 Å². The van der Waals surface area contributed by atoms with E-state index >= 15 is 0 Å². The van der Waals surface area contributed by atoms with Gasteiger partial charge in [0.1, 0.15) is 0 Å². The molecular weight excluding hydrogens is 322 g/mol. The highest BCUT2D eigenvalue weighted by Crippen LogP contribution is 2.38. The largest absolute Gasteiger partial charge is 0.435 e. The molecule has 0 radical (unpaired) electrons. The minimum atomic E-state index is 0.704. The molecule has 0 aliphatic carbocycles. The van der Waals surface area contributed by atoms with E-state index in [1.54, 1.807) is 0 Å². The van der Waals surface area contributed by atoms with E-state index in [0.29, 0.717) is 5.71 Å². The molecule has 4 heteroatoms. The van der Waals surface area contributed by atoms with Crippen molar-refractivity contribution in [3.05, 3.63) is 78.3 Å². The minimum Gasteiger partial charge on any atom is -0.435 e. The van der Waals surface area contributed by atoms with Crippen LogP contribution in [-0.4, -0.2) is 11.7 Å². The Bertz CT molecular complexity index is 1140. The number of fused-ring (bicyclic) bond motifs is 3. The normalized spacial score (nSPS) is 14.1. The van der Waals surface area contributed by atoms with Crippen LogP contribution in [0.4, 0.5) is 11.4 Å². The molecule has 26 heavy (non-hydrogen) atoms. The first kappa shape index (κ1) is 15.0. The Morgan fingerprint density at radius 2 is 1.62 bits per heavy atom. The van der Waals surface area contributed by atoms with Crippen molar-refractivity contribution in [2.75, 3.05) is 16.5 Å². The van der Waals surface area contributed by atoms with Crippen molar-refractivity contribution in [1.29, 1.82) is 0 Å². The number of hydrogen-bond donors (Lipinski definition) is 0. The second-order valence-electron chi connectivity index (χ2n) is 6.73. The molecule has 1 aliphatic rings. The van der Waals surface area contributed by atoms with E-state index in [9.17, 15) is 0 Å². The summed E-state index contributed by atoms with van der Waals surface area (Å²) in [5, 5.41) is 2.18. The smallest absolute Gasteiger partial charge is 0.227 e. The molecule has 0 spiro atoms. The zero-order valence-electron chi connectivity index (χ0n) is 14.8. The Balaban J connectivity index is 1.62. The highest BCUT2D eigenvalue weighted by molar-refractivity contribution is 6.08. The van der Waals surface area contributed by atoms with Crippen molar-refractivity contribution >= 4 is 33.4 Å². The molecule has 0 N–H and O–H groups in total. The van der Waals surface area contributed by atoms with E-state index in [1.165, 1.54) is 11.3 Å². The van der Waals surface area contributed by atoms with E-state index in [0.717, 1.165) is 34.4 Å². The number of pyridine rings is 1. The fourth-order valence-electron chi connectivity index (χ4n) is 3.61. The average molecular weight is 341 g/mol. The van der Waals surface area contributed by atoms with Gasteiger partial charge in [-0.25, -0.2) is 4.98 Å². The lowest BCUT2D eigenvalue weighted by molar-refractivity contribution is 0.651. The van der Waals surface area contributed by atoms with Gasteiger partial charge in [-0.3, -0.25) is 0 Å². The molecular formula is C22H19N3O. The lowest BCUT2D eigenvalue weighted by Crippen LogP contribution is -2.25. The standard InChI is InChI=1S/C22H19N3O/c1-15-8-10-18-19-11-9-16(2)23-22(19)26-21(18)20(15)25-13-12-24(14-25)17-6-4-3-5-7-17/h3-13H,14H2,1-2H3. The summed E-state index contributed by atoms with van der Waals surface area (Å²) < 4.78 is 6.19. The molecule has 0 fully saturated rings. The maximum Gasteiger partial charge on any atom is 0.227 e. The van der Waals surface area contributed by atoms with Crippen LogP contribution in [0.25, 0.3) is 22.1 Å². The number of benzene rings is 2. The lowest BCUT2D eigenvalue weighted by atomic mass is 10.1. The van der Waals surface area contributed by atoms with Gasteiger partial charge in [0.25, 0.3) is 0 Å². The molecule has 0 saturated heterocycles. The molecule has 2 aromatic carbocycles. The third-order valence-electron chi connectivity index (χ3n) is 4.93. The molecule has 0 amide bonds. The zero-order chi connectivity index (χ0) is 17.7. The first-order valence-corrected chi connectivity index (χ1v) is 8.77. The number of furan rings is 1. The fourth-order valence-corrected chi connectivity index (χ4v) is 3.61. The van der Waals surface area contributed by atoms with Gasteiger partial charge in [-0.05, 0) is 43.7 Å². The molecule has 128 valence electrons. The van der Waals surface area contributed by atoms with Crippen LogP contribution in [0.1, 0.15) is 11.3 Å². The number of aryl methyl sites for hydroxylation is 2. The number of anilines is 2. The van der Waals surface area contributed by atoms with Crippen LogP contribution in [0.3, 0.4) is 0 Å². The third kappa shape index (κ3) is 2.26. The molecule has 0 bridgehead atoms. The highest BCUT2D eigenvalue weighted by Gasteiger charge is 2.22. The topological polar surface area (TPSA) is 32.5 Å². The van der Waals surface area contributed by atoms with Gasteiger partial charge in [0, 0.05) is 34.6 Å². The van der Waals surface area contributed by atoms with Gasteiger partial charge in [0.05, 0.1) is 12.4 Å². The van der Waals surface area contributed by atoms with Crippen LogP contribution in [0.2, 0.25) is 0 Å². The maximum atomic E-state index is 6.19. The molecule has 2 aromatic heterocycles. The van der Waals surface area contributed by atoms with Crippen molar-refractivity contribution in [2.45, 2.75) is 13.8 Å². The molecule has 0 unspecified atom stereocenters. The van der Waals surface area contributed by atoms with Crippen LogP contribution in [0.5, 0.6) is 0 Å². The number of aromatic nitrogens is 1. The molecule has 3 heterocycles. The summed E-state index contributed by atoms with van der Waals surface area (Å²) in [5.41, 5.74) is 6.04. The Hall–Kier alpha value is -3.27. The second-order valence-corrected chi connectivity index (χ2v) is 6.73. The summed E-state index contributed by atoms with van der Waals surface area (Å²) in [6.07, 6.45) is 4.22. The summed E-state index contributed by atoms with van der Waals surface area (Å²) in [4.78, 5) is 9.02. The van der Waals surface area contributed by atoms with Crippen molar-refractivity contribution in [3.8, 4) is 0 Å². The Kier molecular flexibility index (Phi) is 3.25. The molecule has 0 atom stereocenters. The summed E-state index contributed by atoms with van der Waals surface area (Å²) in [5.74, 6) is 0. The van der Waals surface area contributed by atoms with E-state index < -0.39 is 0 Å². The van der Waals surface area contributed by atoms with Gasteiger partial charge in [-0.1, -0.05) is 30.3 Å². The number of hydrogen-bond acceptors (Lipinski definition) is 4. The Labute approximate surface area is 152 Å².